The van der Waals surface area contributed by atoms with Crippen LogP contribution in [0.1, 0.15) is 5.56 Å². The number of furan rings is 1. The first-order valence-corrected chi connectivity index (χ1v) is 10.7. The van der Waals surface area contributed by atoms with Crippen molar-refractivity contribution in [1.82, 2.24) is 0 Å². The minimum absolute atomic E-state index is 0.0984. The summed E-state index contributed by atoms with van der Waals surface area (Å²) in [5.74, 6) is 1.96. The average molecular weight is 430 g/mol. The van der Waals surface area contributed by atoms with E-state index in [2.05, 4.69) is 0 Å². The Balaban J connectivity index is 0.000000204. The minimum atomic E-state index is -0.0984. The molecule has 29 heavy (non-hydrogen) atoms. The second-order valence-electron chi connectivity index (χ2n) is 5.99. The number of methoxy groups -OCH3 is 1. The van der Waals surface area contributed by atoms with Crippen LogP contribution in [0, 0.1) is 0 Å². The molecule has 0 aliphatic heterocycles. The van der Waals surface area contributed by atoms with Crippen molar-refractivity contribution in [3.05, 3.63) is 59.5 Å². The van der Waals surface area contributed by atoms with Gasteiger partial charge in [0.15, 0.2) is 11.3 Å². The summed E-state index contributed by atoms with van der Waals surface area (Å²) in [6.07, 6.45) is 0. The molecule has 0 spiro atoms. The monoisotopic (exact) mass is 429 g/mol. The van der Waals surface area contributed by atoms with Crippen molar-refractivity contribution in [3.63, 3.8) is 0 Å². The molecular weight excluding hydrogens is 406 g/mol. The number of anilines is 2. The molecule has 0 amide bonds. The fourth-order valence-corrected chi connectivity index (χ4v) is 4.21. The van der Waals surface area contributed by atoms with E-state index < -0.39 is 0 Å². The third-order valence-electron chi connectivity index (χ3n) is 4.24. The van der Waals surface area contributed by atoms with Gasteiger partial charge in [0.05, 0.1) is 18.7 Å². The predicted molar refractivity (Wildman–Crippen MR) is 122 cm³/mol. The first-order chi connectivity index (χ1) is 14.1. The van der Waals surface area contributed by atoms with Gasteiger partial charge in [-0.1, -0.05) is 24.3 Å². The maximum absolute atomic E-state index is 9.39. The molecule has 7 N–H and O–H groups in total. The summed E-state index contributed by atoms with van der Waals surface area (Å²) in [6.45, 7) is -0.0984. The topological polar surface area (TPSA) is 121 Å². The molecule has 152 valence electrons. The zero-order chi connectivity index (χ0) is 20.8. The van der Waals surface area contributed by atoms with Gasteiger partial charge in [-0.05, 0) is 24.3 Å². The molecule has 0 radical (unpaired) electrons. The summed E-state index contributed by atoms with van der Waals surface area (Å²) < 4.78 is 11.1. The summed E-state index contributed by atoms with van der Waals surface area (Å²) in [4.78, 5) is 1.06. The molecule has 4 rings (SSSR count). The normalized spacial score (nSPS) is 10.6. The van der Waals surface area contributed by atoms with Gasteiger partial charge in [0, 0.05) is 38.4 Å². The largest absolute Gasteiger partial charge is 0.493 e. The Bertz CT molecular complexity index is 1090. The molecule has 0 aliphatic rings. The van der Waals surface area contributed by atoms with Crippen LogP contribution in [-0.4, -0.2) is 18.1 Å². The molecule has 0 fully saturated rings. The highest BCUT2D eigenvalue weighted by Gasteiger charge is 2.16. The number of benzene rings is 2. The molecule has 2 aromatic carbocycles. The summed E-state index contributed by atoms with van der Waals surface area (Å²) in [6, 6.07) is 15.4. The Hall–Kier alpha value is -2.65. The average Bonchev–Trinajstić information content (AvgIpc) is 3.33. The van der Waals surface area contributed by atoms with E-state index in [-0.39, 0.29) is 6.61 Å². The van der Waals surface area contributed by atoms with Gasteiger partial charge in [-0.3, -0.25) is 0 Å². The highest BCUT2D eigenvalue weighted by molar-refractivity contribution is 7.99. The Labute approximate surface area is 177 Å². The quantitative estimate of drug-likeness (QED) is 0.209. The van der Waals surface area contributed by atoms with Gasteiger partial charge in [0.2, 0.25) is 0 Å². The number of nitrogen functional groups attached to an aromatic ring is 2. The number of nitrogens with two attached hydrogens (primary N) is 3. The number of aliphatic hydroxyl groups is 1. The van der Waals surface area contributed by atoms with E-state index >= 15 is 0 Å². The summed E-state index contributed by atoms with van der Waals surface area (Å²) in [7, 11) is 1.61. The fourth-order valence-electron chi connectivity index (χ4n) is 2.80. The summed E-state index contributed by atoms with van der Waals surface area (Å²) >= 11 is 2.95. The zero-order valence-electron chi connectivity index (χ0n) is 15.9. The van der Waals surface area contributed by atoms with E-state index in [9.17, 15) is 5.11 Å². The lowest BCUT2D eigenvalue weighted by Gasteiger charge is -2.00. The molecule has 0 saturated carbocycles. The number of hydrogen-bond donors (Lipinski definition) is 4. The SMILES string of the molecule is COc1cccc2cc(-c3csc(N)c3CO)oc12.NCSc1ccccc1N. The van der Waals surface area contributed by atoms with Crippen molar-refractivity contribution in [2.75, 3.05) is 24.5 Å². The molecule has 8 heteroatoms. The summed E-state index contributed by atoms with van der Waals surface area (Å²) in [5.41, 5.74) is 19.9. The van der Waals surface area contributed by atoms with Crippen molar-refractivity contribution in [3.8, 4) is 17.1 Å². The van der Waals surface area contributed by atoms with Gasteiger partial charge in [0.1, 0.15) is 5.76 Å². The second-order valence-corrected chi connectivity index (χ2v) is 7.96. The van der Waals surface area contributed by atoms with Crippen LogP contribution in [0.15, 0.2) is 63.2 Å². The Kier molecular flexibility index (Phi) is 7.05. The minimum Gasteiger partial charge on any atom is -0.493 e. The van der Waals surface area contributed by atoms with E-state index in [4.69, 9.17) is 26.4 Å². The second kappa shape index (κ2) is 9.71. The van der Waals surface area contributed by atoms with Crippen LogP contribution >= 0.6 is 23.1 Å². The van der Waals surface area contributed by atoms with Gasteiger partial charge in [-0.2, -0.15) is 0 Å². The van der Waals surface area contributed by atoms with Crippen LogP contribution in [-0.2, 0) is 6.61 Å². The number of ether oxygens (including phenoxy) is 1. The third kappa shape index (κ3) is 4.68. The van der Waals surface area contributed by atoms with E-state index in [0.717, 1.165) is 21.5 Å². The van der Waals surface area contributed by atoms with Gasteiger partial charge in [0.25, 0.3) is 0 Å². The number of aliphatic hydroxyl groups excluding tert-OH is 1. The molecule has 0 aliphatic carbocycles. The molecule has 0 bridgehead atoms. The Morgan fingerprint density at radius 3 is 2.62 bits per heavy atom. The van der Waals surface area contributed by atoms with Crippen LogP contribution in [0.3, 0.4) is 0 Å². The molecule has 0 atom stereocenters. The highest BCUT2D eigenvalue weighted by atomic mass is 32.2. The highest BCUT2D eigenvalue weighted by Crippen LogP contribution is 2.38. The predicted octanol–water partition coefficient (Wildman–Crippen LogP) is 4.52. The zero-order valence-corrected chi connectivity index (χ0v) is 17.6. The van der Waals surface area contributed by atoms with Gasteiger partial charge in [-0.25, -0.2) is 0 Å². The lowest BCUT2D eigenvalue weighted by Crippen LogP contribution is -1.94. The number of hydrogen-bond acceptors (Lipinski definition) is 8. The van der Waals surface area contributed by atoms with Crippen molar-refractivity contribution in [2.45, 2.75) is 11.5 Å². The maximum Gasteiger partial charge on any atom is 0.176 e. The lowest BCUT2D eigenvalue weighted by atomic mass is 10.1. The molecule has 0 unspecified atom stereocenters. The van der Waals surface area contributed by atoms with Gasteiger partial charge >= 0.3 is 0 Å². The van der Waals surface area contributed by atoms with Crippen LogP contribution in [0.25, 0.3) is 22.3 Å². The standard InChI is InChI=1S/C14H13NO3S.C7H10N2S/c1-17-11-4-2-3-8-5-12(18-13(8)11)10-7-19-14(15)9(10)6-16;8-5-10-7-4-2-1-3-6(7)9/h2-5,7,16H,6,15H2,1H3;1-4H,5,8-9H2. The molecule has 4 aromatic rings. The number of fused-ring (bicyclic) bond motifs is 1. The van der Waals surface area contributed by atoms with Crippen LogP contribution in [0.5, 0.6) is 5.75 Å². The Morgan fingerprint density at radius 2 is 1.93 bits per heavy atom. The van der Waals surface area contributed by atoms with Crippen LogP contribution in [0.2, 0.25) is 0 Å². The molecule has 6 nitrogen and oxygen atoms in total. The van der Waals surface area contributed by atoms with Crippen molar-refractivity contribution in [1.29, 1.82) is 0 Å². The number of para-hydroxylation sites is 2. The molecular formula is C21H23N3O3S2. The van der Waals surface area contributed by atoms with Crippen LogP contribution in [0.4, 0.5) is 10.7 Å². The first kappa shape index (κ1) is 21.1. The van der Waals surface area contributed by atoms with Crippen LogP contribution < -0.4 is 21.9 Å². The van der Waals surface area contributed by atoms with E-state index in [1.807, 2.05) is 53.9 Å². The van der Waals surface area contributed by atoms with E-state index in [0.29, 0.717) is 33.5 Å². The Morgan fingerprint density at radius 1 is 1.14 bits per heavy atom. The first-order valence-electron chi connectivity index (χ1n) is 8.80. The smallest absolute Gasteiger partial charge is 0.176 e. The third-order valence-corrected chi connectivity index (χ3v) is 5.94. The maximum atomic E-state index is 9.39. The van der Waals surface area contributed by atoms with Gasteiger partial charge < -0.3 is 31.5 Å². The number of thioether (sulfide) groups is 1. The summed E-state index contributed by atoms with van der Waals surface area (Å²) in [5, 5.41) is 12.9. The van der Waals surface area contributed by atoms with E-state index in [1.54, 1.807) is 18.9 Å². The van der Waals surface area contributed by atoms with E-state index in [1.165, 1.54) is 11.3 Å². The molecule has 0 saturated heterocycles. The van der Waals surface area contributed by atoms with Crippen molar-refractivity contribution >= 4 is 44.8 Å². The molecule has 2 aromatic heterocycles. The van der Waals surface area contributed by atoms with Crippen molar-refractivity contribution in [2.24, 2.45) is 5.73 Å². The van der Waals surface area contributed by atoms with Crippen molar-refractivity contribution < 1.29 is 14.3 Å². The van der Waals surface area contributed by atoms with Gasteiger partial charge in [-0.15, -0.1) is 23.1 Å². The molecule has 2 heterocycles. The lowest BCUT2D eigenvalue weighted by molar-refractivity contribution is 0.283. The fraction of sp³-hybridized carbons (Fsp3) is 0.143. The number of rotatable bonds is 5. The number of thiophene rings is 1.